The molecule has 0 aliphatic carbocycles. The minimum Gasteiger partial charge on any atom is -0.508 e. The van der Waals surface area contributed by atoms with Crippen LogP contribution >= 0.6 is 0 Å². The number of aliphatic hydroxyl groups excluding tert-OH is 1. The molecule has 4 atom stereocenters. The second-order valence-corrected chi connectivity index (χ2v) is 7.86. The molecule has 0 heterocycles. The van der Waals surface area contributed by atoms with E-state index < -0.39 is 72.7 Å². The van der Waals surface area contributed by atoms with E-state index in [0.29, 0.717) is 5.56 Å². The highest BCUT2D eigenvalue weighted by Gasteiger charge is 2.31. The Morgan fingerprint density at radius 1 is 0.806 bits per heavy atom. The van der Waals surface area contributed by atoms with Gasteiger partial charge in [0.1, 0.15) is 29.9 Å². The zero-order valence-electron chi connectivity index (χ0n) is 19.2. The zero-order valence-corrected chi connectivity index (χ0v) is 19.2. The van der Waals surface area contributed by atoms with Gasteiger partial charge >= 0.3 is 5.97 Å². The van der Waals surface area contributed by atoms with E-state index >= 15 is 0 Å². The van der Waals surface area contributed by atoms with Crippen molar-refractivity contribution >= 4 is 35.5 Å². The molecule has 1 aromatic carbocycles. The number of primary amides is 2. The molecular formula is C21H30N6O9. The average Bonchev–Trinajstić information content (AvgIpc) is 2.80. The number of benzene rings is 1. The molecule has 1 rings (SSSR count). The number of rotatable bonds is 15. The summed E-state index contributed by atoms with van der Waals surface area (Å²) in [7, 11) is 0. The van der Waals surface area contributed by atoms with Crippen LogP contribution < -0.4 is 33.2 Å². The number of carboxylic acids is 1. The molecule has 0 radical (unpaired) electrons. The van der Waals surface area contributed by atoms with E-state index in [0.717, 1.165) is 0 Å². The van der Waals surface area contributed by atoms with Crippen LogP contribution in [0.3, 0.4) is 0 Å². The van der Waals surface area contributed by atoms with Gasteiger partial charge in [0, 0.05) is 12.8 Å². The lowest BCUT2D eigenvalue weighted by Gasteiger charge is -2.25. The van der Waals surface area contributed by atoms with Crippen molar-refractivity contribution in [3.8, 4) is 5.75 Å². The smallest absolute Gasteiger partial charge is 0.326 e. The van der Waals surface area contributed by atoms with Crippen LogP contribution in [0.1, 0.15) is 24.8 Å². The highest BCUT2D eigenvalue weighted by molar-refractivity contribution is 5.95. The summed E-state index contributed by atoms with van der Waals surface area (Å²) < 4.78 is 0. The van der Waals surface area contributed by atoms with Gasteiger partial charge < -0.3 is 48.5 Å². The van der Waals surface area contributed by atoms with Crippen molar-refractivity contribution in [3.05, 3.63) is 29.8 Å². The van der Waals surface area contributed by atoms with Crippen LogP contribution in [-0.2, 0) is 35.2 Å². The van der Waals surface area contributed by atoms with Crippen LogP contribution in [0.25, 0.3) is 0 Å². The van der Waals surface area contributed by atoms with Crippen molar-refractivity contribution in [2.24, 2.45) is 17.2 Å². The maximum Gasteiger partial charge on any atom is 0.326 e. The summed E-state index contributed by atoms with van der Waals surface area (Å²) in [4.78, 5) is 71.8. The van der Waals surface area contributed by atoms with Crippen molar-refractivity contribution in [3.63, 3.8) is 0 Å². The van der Waals surface area contributed by atoms with Gasteiger partial charge in [0.2, 0.25) is 29.5 Å². The third-order valence-corrected chi connectivity index (χ3v) is 4.87. The number of carbonyl (C=O) groups excluding carboxylic acids is 5. The summed E-state index contributed by atoms with van der Waals surface area (Å²) in [5.41, 5.74) is 16.0. The van der Waals surface area contributed by atoms with Gasteiger partial charge in [-0.05, 0) is 24.1 Å². The summed E-state index contributed by atoms with van der Waals surface area (Å²) in [6, 6.07) is -0.303. The van der Waals surface area contributed by atoms with Crippen molar-refractivity contribution in [2.45, 2.75) is 49.9 Å². The Morgan fingerprint density at radius 3 is 1.83 bits per heavy atom. The number of phenolic OH excluding ortho intramolecular Hbond substituents is 1. The number of aromatic hydroxyl groups is 1. The molecule has 0 aromatic heterocycles. The average molecular weight is 511 g/mol. The van der Waals surface area contributed by atoms with Crippen LogP contribution in [0.5, 0.6) is 5.75 Å². The monoisotopic (exact) mass is 510 g/mol. The molecule has 1 aromatic rings. The molecule has 15 heteroatoms. The molecule has 36 heavy (non-hydrogen) atoms. The first-order valence-corrected chi connectivity index (χ1v) is 10.7. The molecule has 4 unspecified atom stereocenters. The van der Waals surface area contributed by atoms with E-state index in [1.807, 2.05) is 0 Å². The lowest BCUT2D eigenvalue weighted by Crippen LogP contribution is -2.58. The van der Waals surface area contributed by atoms with Crippen molar-refractivity contribution in [1.29, 1.82) is 0 Å². The van der Waals surface area contributed by atoms with Crippen LogP contribution in [0.2, 0.25) is 0 Å². The summed E-state index contributed by atoms with van der Waals surface area (Å²) in [5, 5.41) is 34.6. The molecule has 0 spiro atoms. The number of hydrogen-bond acceptors (Lipinski definition) is 9. The van der Waals surface area contributed by atoms with Crippen LogP contribution in [0.4, 0.5) is 0 Å². The van der Waals surface area contributed by atoms with Gasteiger partial charge in [-0.15, -0.1) is 0 Å². The van der Waals surface area contributed by atoms with Gasteiger partial charge in [0.25, 0.3) is 0 Å². The van der Waals surface area contributed by atoms with E-state index in [9.17, 15) is 39.0 Å². The summed E-state index contributed by atoms with van der Waals surface area (Å²) in [6.45, 7) is -0.724. The first kappa shape index (κ1) is 29.8. The number of aliphatic carboxylic acids is 1. The van der Waals surface area contributed by atoms with Crippen molar-refractivity contribution < 1.29 is 44.1 Å². The second-order valence-electron chi connectivity index (χ2n) is 7.86. The highest BCUT2D eigenvalue weighted by atomic mass is 16.4. The minimum absolute atomic E-state index is 0.0642. The van der Waals surface area contributed by atoms with Gasteiger partial charge in [-0.3, -0.25) is 24.0 Å². The summed E-state index contributed by atoms with van der Waals surface area (Å²) in [6.07, 6.45) is -1.48. The Balaban J connectivity index is 3.18. The molecule has 0 aliphatic heterocycles. The molecule has 0 saturated heterocycles. The first-order valence-electron chi connectivity index (χ1n) is 10.7. The molecule has 5 amide bonds. The zero-order chi connectivity index (χ0) is 27.4. The van der Waals surface area contributed by atoms with Gasteiger partial charge in [0.15, 0.2) is 0 Å². The van der Waals surface area contributed by atoms with Gasteiger partial charge in [-0.2, -0.15) is 0 Å². The predicted molar refractivity (Wildman–Crippen MR) is 123 cm³/mol. The normalized spacial score (nSPS) is 13.9. The molecule has 198 valence electrons. The molecule has 12 N–H and O–H groups in total. The number of carbonyl (C=O) groups is 6. The Hall–Kier alpha value is -4.24. The fraction of sp³-hybridized carbons (Fsp3) is 0.429. The molecule has 0 aliphatic rings. The molecule has 15 nitrogen and oxygen atoms in total. The maximum absolute atomic E-state index is 13.0. The molecule has 0 fully saturated rings. The van der Waals surface area contributed by atoms with Crippen molar-refractivity contribution in [1.82, 2.24) is 16.0 Å². The van der Waals surface area contributed by atoms with Gasteiger partial charge in [-0.1, -0.05) is 12.1 Å². The van der Waals surface area contributed by atoms with Crippen LogP contribution in [0, 0.1) is 0 Å². The Bertz CT molecular complexity index is 969. The summed E-state index contributed by atoms with van der Waals surface area (Å²) >= 11 is 0. The fourth-order valence-corrected chi connectivity index (χ4v) is 2.94. The highest BCUT2D eigenvalue weighted by Crippen LogP contribution is 2.12. The number of nitrogens with two attached hydrogens (primary N) is 3. The third-order valence-electron chi connectivity index (χ3n) is 4.87. The lowest BCUT2D eigenvalue weighted by molar-refractivity contribution is -0.143. The van der Waals surface area contributed by atoms with E-state index in [4.69, 9.17) is 22.3 Å². The number of phenols is 1. The molecule has 0 bridgehead atoms. The van der Waals surface area contributed by atoms with Crippen molar-refractivity contribution in [2.75, 3.05) is 6.61 Å². The van der Waals surface area contributed by atoms with Crippen LogP contribution in [0.15, 0.2) is 24.3 Å². The van der Waals surface area contributed by atoms with E-state index in [-0.39, 0.29) is 25.0 Å². The van der Waals surface area contributed by atoms with Gasteiger partial charge in [-0.25, -0.2) is 4.79 Å². The number of amides is 5. The predicted octanol–water partition coefficient (Wildman–Crippen LogP) is -4.07. The Labute approximate surface area is 205 Å². The van der Waals surface area contributed by atoms with E-state index in [2.05, 4.69) is 16.0 Å². The maximum atomic E-state index is 13.0. The molecule has 0 saturated carbocycles. The second kappa shape index (κ2) is 14.2. The van der Waals surface area contributed by atoms with Gasteiger partial charge in [0.05, 0.1) is 13.0 Å². The number of aliphatic hydroxyl groups is 1. The fourth-order valence-electron chi connectivity index (χ4n) is 2.94. The third kappa shape index (κ3) is 10.4. The minimum atomic E-state index is -1.68. The topological polar surface area (TPSA) is 277 Å². The number of carboxylic acid groups (broad SMARTS) is 1. The first-order chi connectivity index (χ1) is 16.8. The largest absolute Gasteiger partial charge is 0.508 e. The number of hydrogen-bond donors (Lipinski definition) is 9. The van der Waals surface area contributed by atoms with E-state index in [1.54, 1.807) is 0 Å². The van der Waals surface area contributed by atoms with Crippen LogP contribution in [-0.4, -0.2) is 81.6 Å². The SMILES string of the molecule is NC(=O)CCC(NC(=O)C(N)CO)C(=O)NC(Cc1ccc(O)cc1)C(=O)NC(CC(N)=O)C(=O)O. The quantitative estimate of drug-likeness (QED) is 0.110. The molecular weight excluding hydrogens is 480 g/mol. The summed E-state index contributed by atoms with van der Waals surface area (Å²) in [5.74, 6) is -6.20. The lowest BCUT2D eigenvalue weighted by atomic mass is 10.0. The Kier molecular flexibility index (Phi) is 11.8. The number of nitrogens with one attached hydrogen (secondary N) is 3. The Morgan fingerprint density at radius 2 is 1.33 bits per heavy atom. The van der Waals surface area contributed by atoms with E-state index in [1.165, 1.54) is 24.3 Å². The standard InChI is InChI=1S/C21H30N6O9/c22-12(9-28)18(32)25-13(5-6-16(23)30)19(33)26-14(7-10-1-3-11(29)4-2-10)20(34)27-15(21(35)36)8-17(24)31/h1-4,12-15,28-29H,5-9,22H2,(H2,23,30)(H2,24,31)(H,25,32)(H,26,33)(H,27,34)(H,35,36).